The lowest BCUT2D eigenvalue weighted by Gasteiger charge is -2.34. The van der Waals surface area contributed by atoms with Crippen molar-refractivity contribution < 1.29 is 19.1 Å². The van der Waals surface area contributed by atoms with E-state index >= 15 is 0 Å². The summed E-state index contributed by atoms with van der Waals surface area (Å²) in [4.78, 5) is 27.9. The van der Waals surface area contributed by atoms with Crippen molar-refractivity contribution in [3.05, 3.63) is 29.8 Å². The predicted octanol–water partition coefficient (Wildman–Crippen LogP) is 0.675. The van der Waals surface area contributed by atoms with Crippen molar-refractivity contribution in [2.75, 3.05) is 59.6 Å². The zero-order valence-corrected chi connectivity index (χ0v) is 16.2. The SMILES string of the molecule is CCOc1ccc(CN2CCN(CC(=O)NC(=O)NCCOC)CC2)cc1. The van der Waals surface area contributed by atoms with E-state index in [1.165, 1.54) is 5.56 Å². The lowest BCUT2D eigenvalue weighted by molar-refractivity contribution is -0.121. The van der Waals surface area contributed by atoms with Gasteiger partial charge in [-0.05, 0) is 24.6 Å². The molecule has 0 unspecified atom stereocenters. The van der Waals surface area contributed by atoms with Crippen LogP contribution in [0.1, 0.15) is 12.5 Å². The summed E-state index contributed by atoms with van der Waals surface area (Å²) in [6.45, 7) is 7.93. The van der Waals surface area contributed by atoms with Crippen LogP contribution in [0.4, 0.5) is 4.79 Å². The topological polar surface area (TPSA) is 83.1 Å². The molecule has 1 fully saturated rings. The smallest absolute Gasteiger partial charge is 0.321 e. The van der Waals surface area contributed by atoms with Gasteiger partial charge in [-0.1, -0.05) is 12.1 Å². The summed E-state index contributed by atoms with van der Waals surface area (Å²) in [6, 6.07) is 7.69. The Morgan fingerprint density at radius 3 is 2.37 bits per heavy atom. The average molecular weight is 378 g/mol. The summed E-state index contributed by atoms with van der Waals surface area (Å²) in [5, 5.41) is 4.91. The van der Waals surface area contributed by atoms with Crippen LogP contribution in [0.5, 0.6) is 5.75 Å². The Kier molecular flexibility index (Phi) is 9.03. The van der Waals surface area contributed by atoms with Crippen molar-refractivity contribution in [2.24, 2.45) is 0 Å². The molecule has 27 heavy (non-hydrogen) atoms. The first kappa shape index (κ1) is 21.1. The Labute approximate surface area is 160 Å². The summed E-state index contributed by atoms with van der Waals surface area (Å²) < 4.78 is 10.3. The summed E-state index contributed by atoms with van der Waals surface area (Å²) in [5.74, 6) is 0.605. The van der Waals surface area contributed by atoms with Gasteiger partial charge in [-0.3, -0.25) is 19.9 Å². The minimum Gasteiger partial charge on any atom is -0.494 e. The van der Waals surface area contributed by atoms with Crippen LogP contribution in [0.3, 0.4) is 0 Å². The predicted molar refractivity (Wildman–Crippen MR) is 103 cm³/mol. The molecule has 2 rings (SSSR count). The number of carbonyl (C=O) groups is 2. The van der Waals surface area contributed by atoms with Crippen LogP contribution in [0.2, 0.25) is 0 Å². The maximum atomic E-state index is 11.9. The number of urea groups is 1. The molecule has 8 nitrogen and oxygen atoms in total. The van der Waals surface area contributed by atoms with E-state index in [-0.39, 0.29) is 12.5 Å². The summed E-state index contributed by atoms with van der Waals surface area (Å²) >= 11 is 0. The van der Waals surface area contributed by atoms with Crippen molar-refractivity contribution >= 4 is 11.9 Å². The van der Waals surface area contributed by atoms with E-state index in [4.69, 9.17) is 9.47 Å². The number of ether oxygens (including phenoxy) is 2. The van der Waals surface area contributed by atoms with Gasteiger partial charge < -0.3 is 14.8 Å². The van der Waals surface area contributed by atoms with Gasteiger partial charge in [0.25, 0.3) is 0 Å². The first-order valence-electron chi connectivity index (χ1n) is 9.33. The zero-order valence-electron chi connectivity index (χ0n) is 16.2. The van der Waals surface area contributed by atoms with Gasteiger partial charge in [-0.25, -0.2) is 4.79 Å². The van der Waals surface area contributed by atoms with Crippen LogP contribution < -0.4 is 15.4 Å². The second kappa shape index (κ2) is 11.5. The maximum Gasteiger partial charge on any atom is 0.321 e. The summed E-state index contributed by atoms with van der Waals surface area (Å²) in [6.07, 6.45) is 0. The Morgan fingerprint density at radius 1 is 1.07 bits per heavy atom. The van der Waals surface area contributed by atoms with Crippen LogP contribution in [0.15, 0.2) is 24.3 Å². The van der Waals surface area contributed by atoms with E-state index in [1.807, 2.05) is 19.1 Å². The largest absolute Gasteiger partial charge is 0.494 e. The van der Waals surface area contributed by atoms with Gasteiger partial charge >= 0.3 is 6.03 Å². The molecule has 0 atom stereocenters. The van der Waals surface area contributed by atoms with E-state index in [2.05, 4.69) is 32.6 Å². The normalized spacial score (nSPS) is 15.3. The number of hydrogen-bond acceptors (Lipinski definition) is 6. The van der Waals surface area contributed by atoms with E-state index in [0.717, 1.165) is 38.5 Å². The number of hydrogen-bond donors (Lipinski definition) is 2. The third kappa shape index (κ3) is 7.94. The summed E-state index contributed by atoms with van der Waals surface area (Å²) in [5.41, 5.74) is 1.25. The Bertz CT molecular complexity index is 586. The number of amides is 3. The van der Waals surface area contributed by atoms with Crippen molar-refractivity contribution in [3.8, 4) is 5.75 Å². The minimum atomic E-state index is -0.480. The molecule has 1 aromatic rings. The van der Waals surface area contributed by atoms with Crippen molar-refractivity contribution in [1.82, 2.24) is 20.4 Å². The molecule has 1 aliphatic rings. The third-order valence-electron chi connectivity index (χ3n) is 4.32. The number of carbonyl (C=O) groups excluding carboxylic acids is 2. The number of nitrogens with one attached hydrogen (secondary N) is 2. The summed E-state index contributed by atoms with van der Waals surface area (Å²) in [7, 11) is 1.56. The molecule has 2 N–H and O–H groups in total. The van der Waals surface area contributed by atoms with Crippen LogP contribution in [-0.2, 0) is 16.1 Å². The van der Waals surface area contributed by atoms with E-state index in [1.54, 1.807) is 7.11 Å². The number of imide groups is 1. The number of rotatable bonds is 9. The molecule has 0 aromatic heterocycles. The van der Waals surface area contributed by atoms with Gasteiger partial charge in [0.15, 0.2) is 0 Å². The molecule has 1 saturated heterocycles. The highest BCUT2D eigenvalue weighted by Crippen LogP contribution is 2.14. The molecular weight excluding hydrogens is 348 g/mol. The Balaban J connectivity index is 1.66. The van der Waals surface area contributed by atoms with Crippen LogP contribution in [0, 0.1) is 0 Å². The first-order valence-corrected chi connectivity index (χ1v) is 9.33. The Hall–Kier alpha value is -2.16. The minimum absolute atomic E-state index is 0.231. The zero-order chi connectivity index (χ0) is 19.5. The van der Waals surface area contributed by atoms with Gasteiger partial charge in [-0.15, -0.1) is 0 Å². The fourth-order valence-corrected chi connectivity index (χ4v) is 2.90. The lowest BCUT2D eigenvalue weighted by Crippen LogP contribution is -2.50. The molecule has 0 spiro atoms. The molecule has 1 heterocycles. The van der Waals surface area contributed by atoms with Crippen molar-refractivity contribution in [1.29, 1.82) is 0 Å². The highest BCUT2D eigenvalue weighted by atomic mass is 16.5. The number of benzene rings is 1. The van der Waals surface area contributed by atoms with Crippen LogP contribution in [0.25, 0.3) is 0 Å². The van der Waals surface area contributed by atoms with E-state index in [9.17, 15) is 9.59 Å². The third-order valence-corrected chi connectivity index (χ3v) is 4.32. The van der Waals surface area contributed by atoms with Gasteiger partial charge in [0.2, 0.25) is 5.91 Å². The van der Waals surface area contributed by atoms with Crippen molar-refractivity contribution in [3.63, 3.8) is 0 Å². The number of methoxy groups -OCH3 is 1. The highest BCUT2D eigenvalue weighted by Gasteiger charge is 2.19. The van der Waals surface area contributed by atoms with Gasteiger partial charge in [0, 0.05) is 46.4 Å². The molecule has 3 amide bonds. The molecule has 0 radical (unpaired) electrons. The second-order valence-corrected chi connectivity index (χ2v) is 6.43. The van der Waals surface area contributed by atoms with Crippen molar-refractivity contribution in [2.45, 2.75) is 13.5 Å². The number of nitrogens with zero attached hydrogens (tertiary/aromatic N) is 2. The quantitative estimate of drug-likeness (QED) is 0.615. The molecule has 1 aromatic carbocycles. The van der Waals surface area contributed by atoms with E-state index in [0.29, 0.717) is 19.8 Å². The monoisotopic (exact) mass is 378 g/mol. The highest BCUT2D eigenvalue weighted by molar-refractivity contribution is 5.95. The fraction of sp³-hybridized carbons (Fsp3) is 0.579. The standard InChI is InChI=1S/C19H30N4O4/c1-3-27-17-6-4-16(5-7-17)14-22-9-11-23(12-10-22)15-18(24)21-19(25)20-8-13-26-2/h4-7H,3,8-15H2,1-2H3,(H2,20,21,24,25). The van der Waals surface area contributed by atoms with Gasteiger partial charge in [-0.2, -0.15) is 0 Å². The maximum absolute atomic E-state index is 11.9. The van der Waals surface area contributed by atoms with E-state index < -0.39 is 6.03 Å². The first-order chi connectivity index (χ1) is 13.1. The van der Waals surface area contributed by atoms with Crippen LogP contribution in [-0.4, -0.2) is 81.3 Å². The molecular formula is C19H30N4O4. The Morgan fingerprint density at radius 2 is 1.74 bits per heavy atom. The molecule has 0 saturated carbocycles. The fourth-order valence-electron chi connectivity index (χ4n) is 2.90. The van der Waals surface area contributed by atoms with Gasteiger partial charge in [0.05, 0.1) is 19.8 Å². The molecule has 150 valence electrons. The molecule has 1 aliphatic heterocycles. The van der Waals surface area contributed by atoms with Gasteiger partial charge in [0.1, 0.15) is 5.75 Å². The molecule has 0 aliphatic carbocycles. The molecule has 8 heteroatoms. The second-order valence-electron chi connectivity index (χ2n) is 6.43. The number of piperazine rings is 1. The molecule has 0 bridgehead atoms. The van der Waals surface area contributed by atoms with Crippen LogP contribution >= 0.6 is 0 Å². The lowest BCUT2D eigenvalue weighted by atomic mass is 10.2. The average Bonchev–Trinajstić information content (AvgIpc) is 2.65.